The Bertz CT molecular complexity index is 739. The minimum atomic E-state index is -0.457. The van der Waals surface area contributed by atoms with E-state index >= 15 is 0 Å². The van der Waals surface area contributed by atoms with Gasteiger partial charge in [-0.05, 0) is 38.1 Å². The summed E-state index contributed by atoms with van der Waals surface area (Å²) in [7, 11) is 1.29. The van der Waals surface area contributed by atoms with E-state index in [1.807, 2.05) is 13.8 Å². The highest BCUT2D eigenvalue weighted by Gasteiger charge is 2.20. The summed E-state index contributed by atoms with van der Waals surface area (Å²) in [6.07, 6.45) is 0.567. The van der Waals surface area contributed by atoms with Gasteiger partial charge in [0.05, 0.1) is 12.7 Å². The number of benzene rings is 1. The number of methoxy groups -OCH3 is 1. The van der Waals surface area contributed by atoms with Gasteiger partial charge < -0.3 is 14.1 Å². The number of ether oxygens (including phenoxy) is 1. The number of hydrogen-bond donors (Lipinski definition) is 0. The Labute approximate surface area is 146 Å². The summed E-state index contributed by atoms with van der Waals surface area (Å²) in [5.41, 5.74) is 0.384. The highest BCUT2D eigenvalue weighted by Crippen LogP contribution is 2.25. The SMILES string of the molecule is COC(=O)CN(C(=O)CCc1ccc(-c2ccccc2F)o1)C(C)C. The van der Waals surface area contributed by atoms with Crippen molar-refractivity contribution in [2.45, 2.75) is 32.7 Å². The van der Waals surface area contributed by atoms with Gasteiger partial charge in [-0.2, -0.15) is 0 Å². The Kier molecular flexibility index (Phi) is 6.33. The fraction of sp³-hybridized carbons (Fsp3) is 0.368. The van der Waals surface area contributed by atoms with Gasteiger partial charge in [0.25, 0.3) is 0 Å². The monoisotopic (exact) mass is 347 g/mol. The van der Waals surface area contributed by atoms with Crippen molar-refractivity contribution in [1.82, 2.24) is 4.90 Å². The topological polar surface area (TPSA) is 59.8 Å². The van der Waals surface area contributed by atoms with Crippen molar-refractivity contribution in [2.24, 2.45) is 0 Å². The largest absolute Gasteiger partial charge is 0.468 e. The molecule has 134 valence electrons. The molecule has 2 rings (SSSR count). The van der Waals surface area contributed by atoms with E-state index in [0.29, 0.717) is 23.5 Å². The molecule has 25 heavy (non-hydrogen) atoms. The second-order valence-electron chi connectivity index (χ2n) is 5.94. The molecular weight excluding hydrogens is 325 g/mol. The number of furan rings is 1. The first-order valence-corrected chi connectivity index (χ1v) is 8.12. The van der Waals surface area contributed by atoms with Gasteiger partial charge in [0.1, 0.15) is 23.9 Å². The quantitative estimate of drug-likeness (QED) is 0.720. The van der Waals surface area contributed by atoms with E-state index in [-0.39, 0.29) is 30.7 Å². The molecule has 1 amide bonds. The molecule has 0 saturated carbocycles. The number of carbonyl (C=O) groups excluding carboxylic acids is 2. The normalized spacial score (nSPS) is 10.8. The summed E-state index contributed by atoms with van der Waals surface area (Å²) in [5.74, 6) is 0.0406. The Morgan fingerprint density at radius 2 is 1.92 bits per heavy atom. The van der Waals surface area contributed by atoms with Crippen molar-refractivity contribution in [3.05, 3.63) is 48.0 Å². The van der Waals surface area contributed by atoms with Crippen LogP contribution in [0.15, 0.2) is 40.8 Å². The zero-order valence-electron chi connectivity index (χ0n) is 14.6. The van der Waals surface area contributed by atoms with E-state index in [4.69, 9.17) is 4.42 Å². The van der Waals surface area contributed by atoms with E-state index in [1.165, 1.54) is 18.1 Å². The van der Waals surface area contributed by atoms with Gasteiger partial charge in [-0.25, -0.2) is 4.39 Å². The zero-order valence-corrected chi connectivity index (χ0v) is 14.6. The average molecular weight is 347 g/mol. The van der Waals surface area contributed by atoms with Crippen molar-refractivity contribution in [3.63, 3.8) is 0 Å². The van der Waals surface area contributed by atoms with Crippen LogP contribution in [-0.4, -0.2) is 36.5 Å². The number of rotatable bonds is 7. The van der Waals surface area contributed by atoms with Gasteiger partial charge in [-0.3, -0.25) is 9.59 Å². The lowest BCUT2D eigenvalue weighted by Crippen LogP contribution is -2.41. The van der Waals surface area contributed by atoms with Crippen LogP contribution in [0.5, 0.6) is 0 Å². The molecule has 0 unspecified atom stereocenters. The van der Waals surface area contributed by atoms with Crippen LogP contribution in [0.2, 0.25) is 0 Å². The van der Waals surface area contributed by atoms with Crippen molar-refractivity contribution in [1.29, 1.82) is 0 Å². The summed E-state index contributed by atoms with van der Waals surface area (Å²) in [6.45, 7) is 3.60. The summed E-state index contributed by atoms with van der Waals surface area (Å²) < 4.78 is 24.0. The maximum Gasteiger partial charge on any atom is 0.325 e. The molecule has 0 bridgehead atoms. The molecule has 5 nitrogen and oxygen atoms in total. The molecule has 0 N–H and O–H groups in total. The minimum Gasteiger partial charge on any atom is -0.468 e. The van der Waals surface area contributed by atoms with Crippen LogP contribution in [0.3, 0.4) is 0 Å². The van der Waals surface area contributed by atoms with E-state index in [0.717, 1.165) is 0 Å². The molecule has 0 saturated heterocycles. The minimum absolute atomic E-state index is 0.0777. The number of nitrogens with zero attached hydrogens (tertiary/aromatic N) is 1. The Balaban J connectivity index is 2.00. The summed E-state index contributed by atoms with van der Waals surface area (Å²) in [4.78, 5) is 25.2. The van der Waals surface area contributed by atoms with Gasteiger partial charge in [0.2, 0.25) is 5.91 Å². The van der Waals surface area contributed by atoms with Crippen molar-refractivity contribution in [3.8, 4) is 11.3 Å². The molecule has 2 aromatic rings. The number of hydrogen-bond acceptors (Lipinski definition) is 4. The second-order valence-corrected chi connectivity index (χ2v) is 5.94. The predicted octanol–water partition coefficient (Wildman–Crippen LogP) is 3.43. The lowest BCUT2D eigenvalue weighted by molar-refractivity contribution is -0.148. The van der Waals surface area contributed by atoms with Gasteiger partial charge in [-0.1, -0.05) is 12.1 Å². The van der Waals surface area contributed by atoms with Crippen LogP contribution in [0.1, 0.15) is 26.0 Å². The van der Waals surface area contributed by atoms with Crippen LogP contribution >= 0.6 is 0 Å². The standard InChI is InChI=1S/C19H22FNO4/c1-13(2)21(12-19(23)24-3)18(22)11-9-14-8-10-17(25-14)15-6-4-5-7-16(15)20/h4-8,10,13H,9,11-12H2,1-3H3. The first kappa shape index (κ1) is 18.7. The molecule has 6 heteroatoms. The fourth-order valence-corrected chi connectivity index (χ4v) is 2.45. The maximum atomic E-state index is 13.8. The van der Waals surface area contributed by atoms with E-state index in [1.54, 1.807) is 30.3 Å². The molecule has 1 heterocycles. The molecule has 0 radical (unpaired) electrons. The highest BCUT2D eigenvalue weighted by molar-refractivity contribution is 5.82. The first-order valence-electron chi connectivity index (χ1n) is 8.12. The molecular formula is C19H22FNO4. The molecule has 1 aromatic carbocycles. The highest BCUT2D eigenvalue weighted by atomic mass is 19.1. The van der Waals surface area contributed by atoms with Crippen molar-refractivity contribution < 1.29 is 23.1 Å². The lowest BCUT2D eigenvalue weighted by Gasteiger charge is -2.25. The van der Waals surface area contributed by atoms with E-state index in [2.05, 4.69) is 4.74 Å². The summed E-state index contributed by atoms with van der Waals surface area (Å²) >= 11 is 0. The van der Waals surface area contributed by atoms with Crippen LogP contribution < -0.4 is 0 Å². The fourth-order valence-electron chi connectivity index (χ4n) is 2.45. The summed E-state index contributed by atoms with van der Waals surface area (Å²) in [6, 6.07) is 9.66. The third-order valence-corrected chi connectivity index (χ3v) is 3.86. The zero-order chi connectivity index (χ0) is 18.4. The van der Waals surface area contributed by atoms with Crippen LogP contribution in [0.25, 0.3) is 11.3 Å². The van der Waals surface area contributed by atoms with Gasteiger partial charge >= 0.3 is 5.97 Å². The molecule has 0 fully saturated rings. The number of halogens is 1. The van der Waals surface area contributed by atoms with Crippen LogP contribution in [0, 0.1) is 5.82 Å². The smallest absolute Gasteiger partial charge is 0.325 e. The Hall–Kier alpha value is -2.63. The summed E-state index contributed by atoms with van der Waals surface area (Å²) in [5, 5.41) is 0. The third-order valence-electron chi connectivity index (χ3n) is 3.86. The second kappa shape index (κ2) is 8.46. The van der Waals surface area contributed by atoms with Crippen molar-refractivity contribution in [2.75, 3.05) is 13.7 Å². The number of amides is 1. The Morgan fingerprint density at radius 3 is 2.56 bits per heavy atom. The number of aryl methyl sites for hydroxylation is 1. The third kappa shape index (κ3) is 4.92. The molecule has 0 aliphatic heterocycles. The first-order chi connectivity index (χ1) is 11.9. The number of esters is 1. The van der Waals surface area contributed by atoms with Crippen LogP contribution in [-0.2, 0) is 20.7 Å². The molecule has 0 atom stereocenters. The molecule has 0 spiro atoms. The van der Waals surface area contributed by atoms with Crippen molar-refractivity contribution >= 4 is 11.9 Å². The predicted molar refractivity (Wildman–Crippen MR) is 91.3 cm³/mol. The van der Waals surface area contributed by atoms with E-state index < -0.39 is 5.97 Å². The van der Waals surface area contributed by atoms with Gasteiger partial charge in [-0.15, -0.1) is 0 Å². The van der Waals surface area contributed by atoms with Crippen LogP contribution in [0.4, 0.5) is 4.39 Å². The Morgan fingerprint density at radius 1 is 1.20 bits per heavy atom. The van der Waals surface area contributed by atoms with E-state index in [9.17, 15) is 14.0 Å². The molecule has 0 aliphatic rings. The maximum absolute atomic E-state index is 13.8. The average Bonchev–Trinajstić information content (AvgIpc) is 3.06. The lowest BCUT2D eigenvalue weighted by atomic mass is 10.1. The van der Waals surface area contributed by atoms with Gasteiger partial charge in [0, 0.05) is 18.9 Å². The number of carbonyl (C=O) groups is 2. The van der Waals surface area contributed by atoms with Gasteiger partial charge in [0.15, 0.2) is 0 Å². The molecule has 1 aromatic heterocycles. The molecule has 0 aliphatic carbocycles.